The van der Waals surface area contributed by atoms with Gasteiger partial charge in [-0.1, -0.05) is 6.92 Å². The number of amides is 1. The lowest BCUT2D eigenvalue weighted by Gasteiger charge is -2.10. The van der Waals surface area contributed by atoms with Crippen molar-refractivity contribution in [1.29, 1.82) is 0 Å². The van der Waals surface area contributed by atoms with Crippen LogP contribution in [0.25, 0.3) is 22.2 Å². The number of thiazole rings is 1. The second-order valence-corrected chi connectivity index (χ2v) is 7.44. The highest BCUT2D eigenvalue weighted by molar-refractivity contribution is 7.14. The summed E-state index contributed by atoms with van der Waals surface area (Å²) in [4.78, 5) is 24.4. The number of carbonyl (C=O) groups excluding carboxylic acids is 1. The lowest BCUT2D eigenvalue weighted by molar-refractivity contribution is -0.119. The van der Waals surface area contributed by atoms with Gasteiger partial charge in [0.25, 0.3) is 0 Å². The number of hydrogen-bond donors (Lipinski definition) is 2. The Morgan fingerprint density at radius 1 is 1.43 bits per heavy atom. The molecule has 3 heterocycles. The molecule has 1 atom stereocenters. The zero-order valence-corrected chi connectivity index (χ0v) is 16.6. The van der Waals surface area contributed by atoms with E-state index in [1.165, 1.54) is 17.7 Å². The number of nitrogens with zero attached hydrogens (tertiary/aromatic N) is 4. The molecule has 1 amide bonds. The zero-order valence-electron chi connectivity index (χ0n) is 15.8. The van der Waals surface area contributed by atoms with Crippen LogP contribution >= 0.6 is 11.3 Å². The van der Waals surface area contributed by atoms with Gasteiger partial charge in [-0.05, 0) is 25.1 Å². The summed E-state index contributed by atoms with van der Waals surface area (Å²) in [6.07, 6.45) is 3.05. The van der Waals surface area contributed by atoms with Crippen LogP contribution in [0.4, 0.5) is 5.13 Å². The van der Waals surface area contributed by atoms with E-state index in [1.54, 1.807) is 18.1 Å². The first-order valence-corrected chi connectivity index (χ1v) is 9.68. The molecule has 0 bridgehead atoms. The van der Waals surface area contributed by atoms with E-state index < -0.39 is 0 Å². The summed E-state index contributed by atoms with van der Waals surface area (Å²) in [5, 5.41) is 10.5. The fourth-order valence-corrected chi connectivity index (χ4v) is 3.83. The molecule has 28 heavy (non-hydrogen) atoms. The lowest BCUT2D eigenvalue weighted by Crippen LogP contribution is -2.24. The molecule has 0 unspecified atom stereocenters. The number of rotatable bonds is 6. The minimum absolute atomic E-state index is 0.103. The maximum atomic E-state index is 12.5. The largest absolute Gasteiger partial charge is 0.497 e. The third-order valence-electron chi connectivity index (χ3n) is 4.56. The molecule has 0 aliphatic heterocycles. The van der Waals surface area contributed by atoms with Gasteiger partial charge in [0, 0.05) is 27.5 Å². The molecule has 9 heteroatoms. The first kappa shape index (κ1) is 18.2. The van der Waals surface area contributed by atoms with E-state index >= 15 is 0 Å². The third kappa shape index (κ3) is 3.48. The molecule has 0 saturated carbocycles. The number of anilines is 1. The van der Waals surface area contributed by atoms with Crippen LogP contribution < -0.4 is 10.1 Å². The average Bonchev–Trinajstić information content (AvgIpc) is 3.41. The third-order valence-corrected chi connectivity index (χ3v) is 5.32. The van der Waals surface area contributed by atoms with Crippen LogP contribution in [0.5, 0.6) is 5.75 Å². The van der Waals surface area contributed by atoms with Gasteiger partial charge in [-0.15, -0.1) is 11.3 Å². The van der Waals surface area contributed by atoms with Gasteiger partial charge in [0.1, 0.15) is 18.4 Å². The van der Waals surface area contributed by atoms with Crippen LogP contribution in [0.2, 0.25) is 0 Å². The van der Waals surface area contributed by atoms with Crippen molar-refractivity contribution in [3.05, 3.63) is 41.9 Å². The number of aromatic amines is 1. The molecule has 2 N–H and O–H groups in total. The maximum Gasteiger partial charge on any atom is 0.230 e. The van der Waals surface area contributed by atoms with Crippen molar-refractivity contribution in [2.75, 3.05) is 12.4 Å². The SMILES string of the molecule is COc1ccc2[nH]c(C)c(-c3csc(NC(=O)[C@H](C)Cn4cncn4)n3)c2c1. The molecule has 144 valence electrons. The molecule has 0 spiro atoms. The fourth-order valence-electron chi connectivity index (χ4n) is 3.13. The smallest absolute Gasteiger partial charge is 0.230 e. The van der Waals surface area contributed by atoms with Crippen LogP contribution in [0.15, 0.2) is 36.2 Å². The fraction of sp³-hybridized carbons (Fsp3) is 0.263. The van der Waals surface area contributed by atoms with Gasteiger partial charge in [0.05, 0.1) is 25.3 Å². The maximum absolute atomic E-state index is 12.5. The van der Waals surface area contributed by atoms with Crippen molar-refractivity contribution in [3.63, 3.8) is 0 Å². The zero-order chi connectivity index (χ0) is 19.7. The molecule has 0 aliphatic carbocycles. The Morgan fingerprint density at radius 3 is 3.04 bits per heavy atom. The minimum Gasteiger partial charge on any atom is -0.497 e. The van der Waals surface area contributed by atoms with Gasteiger partial charge in [-0.2, -0.15) is 5.10 Å². The highest BCUT2D eigenvalue weighted by Gasteiger charge is 2.18. The van der Waals surface area contributed by atoms with Crippen molar-refractivity contribution >= 4 is 33.3 Å². The topological polar surface area (TPSA) is 97.7 Å². The van der Waals surface area contributed by atoms with Crippen LogP contribution in [0.1, 0.15) is 12.6 Å². The summed E-state index contributed by atoms with van der Waals surface area (Å²) in [5.41, 5.74) is 3.88. The molecule has 4 aromatic rings. The van der Waals surface area contributed by atoms with Crippen molar-refractivity contribution < 1.29 is 9.53 Å². The Morgan fingerprint density at radius 2 is 2.29 bits per heavy atom. The molecule has 3 aromatic heterocycles. The van der Waals surface area contributed by atoms with Crippen molar-refractivity contribution in [2.24, 2.45) is 5.92 Å². The summed E-state index contributed by atoms with van der Waals surface area (Å²) in [6, 6.07) is 5.91. The summed E-state index contributed by atoms with van der Waals surface area (Å²) in [7, 11) is 1.65. The predicted octanol–water partition coefficient (Wildman–Crippen LogP) is 3.47. The second-order valence-electron chi connectivity index (χ2n) is 6.58. The van der Waals surface area contributed by atoms with Crippen LogP contribution in [-0.4, -0.2) is 37.7 Å². The van der Waals surface area contributed by atoms with Gasteiger partial charge >= 0.3 is 0 Å². The first-order chi connectivity index (χ1) is 13.5. The molecule has 0 radical (unpaired) electrons. The number of aryl methyl sites for hydroxylation is 1. The second kappa shape index (κ2) is 7.43. The van der Waals surface area contributed by atoms with E-state index in [2.05, 4.69) is 25.4 Å². The number of hydrogen-bond acceptors (Lipinski definition) is 6. The van der Waals surface area contributed by atoms with E-state index in [-0.39, 0.29) is 11.8 Å². The number of carbonyl (C=O) groups is 1. The number of ether oxygens (including phenoxy) is 1. The highest BCUT2D eigenvalue weighted by Crippen LogP contribution is 2.35. The Bertz CT molecular complexity index is 1120. The molecule has 0 fully saturated rings. The number of methoxy groups -OCH3 is 1. The van der Waals surface area contributed by atoms with E-state index in [9.17, 15) is 4.79 Å². The first-order valence-electron chi connectivity index (χ1n) is 8.80. The lowest BCUT2D eigenvalue weighted by atomic mass is 10.1. The predicted molar refractivity (Wildman–Crippen MR) is 109 cm³/mol. The number of benzene rings is 1. The Kier molecular flexibility index (Phi) is 4.82. The van der Waals surface area contributed by atoms with Crippen molar-refractivity contribution in [2.45, 2.75) is 20.4 Å². The Labute approximate surface area is 165 Å². The Hall–Kier alpha value is -3.20. The van der Waals surface area contributed by atoms with Gasteiger partial charge in [0.15, 0.2) is 5.13 Å². The molecule has 0 saturated heterocycles. The Balaban J connectivity index is 1.55. The monoisotopic (exact) mass is 396 g/mol. The summed E-state index contributed by atoms with van der Waals surface area (Å²) in [6.45, 7) is 4.33. The molecule has 1 aromatic carbocycles. The van der Waals surface area contributed by atoms with E-state index in [0.29, 0.717) is 11.7 Å². The van der Waals surface area contributed by atoms with E-state index in [0.717, 1.165) is 33.6 Å². The van der Waals surface area contributed by atoms with Gasteiger partial charge in [0.2, 0.25) is 5.91 Å². The molecular weight excluding hydrogens is 376 g/mol. The summed E-state index contributed by atoms with van der Waals surface area (Å²) < 4.78 is 6.99. The van der Waals surface area contributed by atoms with Crippen LogP contribution in [0.3, 0.4) is 0 Å². The van der Waals surface area contributed by atoms with E-state index in [1.807, 2.05) is 37.4 Å². The molecule has 0 aliphatic rings. The number of H-pyrrole nitrogens is 1. The molecular formula is C19H20N6O2S. The number of fused-ring (bicyclic) bond motifs is 1. The minimum atomic E-state index is -0.256. The molecule has 8 nitrogen and oxygen atoms in total. The van der Waals surface area contributed by atoms with Crippen LogP contribution in [0, 0.1) is 12.8 Å². The van der Waals surface area contributed by atoms with E-state index in [4.69, 9.17) is 4.74 Å². The van der Waals surface area contributed by atoms with Crippen molar-refractivity contribution in [3.8, 4) is 17.0 Å². The summed E-state index contributed by atoms with van der Waals surface area (Å²) in [5.74, 6) is 0.431. The number of nitrogens with one attached hydrogen (secondary N) is 2. The summed E-state index contributed by atoms with van der Waals surface area (Å²) >= 11 is 1.41. The average molecular weight is 396 g/mol. The van der Waals surface area contributed by atoms with Gasteiger partial charge in [-0.3, -0.25) is 9.48 Å². The van der Waals surface area contributed by atoms with Gasteiger partial charge < -0.3 is 15.0 Å². The van der Waals surface area contributed by atoms with Gasteiger partial charge in [-0.25, -0.2) is 9.97 Å². The van der Waals surface area contributed by atoms with Crippen molar-refractivity contribution in [1.82, 2.24) is 24.7 Å². The number of aromatic nitrogens is 5. The normalized spacial score (nSPS) is 12.2. The molecule has 4 rings (SSSR count). The highest BCUT2D eigenvalue weighted by atomic mass is 32.1. The quantitative estimate of drug-likeness (QED) is 0.520. The standard InChI is InChI=1S/C19H20N6O2S/c1-11(7-25-10-20-9-21-25)18(26)24-19-23-16(8-28-19)17-12(2)22-15-5-4-13(27-3)6-14(15)17/h4-6,8-11,22H,7H2,1-3H3,(H,23,24,26)/t11-/m1/s1. The van der Waals surface area contributed by atoms with Crippen LogP contribution in [-0.2, 0) is 11.3 Å².